The normalized spacial score (nSPS) is 12.5. The van der Waals surface area contributed by atoms with Gasteiger partial charge in [0.1, 0.15) is 0 Å². The minimum Gasteiger partial charge on any atom is -0.394 e. The fourth-order valence-electron chi connectivity index (χ4n) is 2.01. The van der Waals surface area contributed by atoms with E-state index in [9.17, 15) is 5.11 Å². The summed E-state index contributed by atoms with van der Waals surface area (Å²) in [6, 6.07) is 7.68. The summed E-state index contributed by atoms with van der Waals surface area (Å²) in [5, 5.41) is 13.6. The van der Waals surface area contributed by atoms with Gasteiger partial charge in [0, 0.05) is 19.9 Å². The first-order valence-corrected chi connectivity index (χ1v) is 7.89. The standard InChI is InChI=1S/C14H15BrClNOS/c1-8-5-11(9(2)19-8)14(7-18)17-10-3-4-13(16)12(15)6-10/h3-6,14,17-18H,7H2,1-2H3. The lowest BCUT2D eigenvalue weighted by Gasteiger charge is -2.18. The van der Waals surface area contributed by atoms with Crippen LogP contribution in [0, 0.1) is 13.8 Å². The number of thiophene rings is 1. The summed E-state index contributed by atoms with van der Waals surface area (Å²) in [5.41, 5.74) is 2.08. The number of aliphatic hydroxyl groups is 1. The Hall–Kier alpha value is -0.550. The Balaban J connectivity index is 2.23. The molecule has 1 atom stereocenters. The molecule has 1 unspecified atom stereocenters. The summed E-state index contributed by atoms with van der Waals surface area (Å²) in [6.07, 6.45) is 0. The molecule has 0 saturated heterocycles. The molecule has 2 nitrogen and oxygen atoms in total. The lowest BCUT2D eigenvalue weighted by Crippen LogP contribution is -2.15. The van der Waals surface area contributed by atoms with Crippen LogP contribution < -0.4 is 5.32 Å². The number of aliphatic hydroxyl groups excluding tert-OH is 1. The van der Waals surface area contributed by atoms with Crippen molar-refractivity contribution < 1.29 is 5.11 Å². The zero-order chi connectivity index (χ0) is 14.0. The van der Waals surface area contributed by atoms with Gasteiger partial charge in [0.15, 0.2) is 0 Å². The first-order chi connectivity index (χ1) is 9.01. The quantitative estimate of drug-likeness (QED) is 0.810. The lowest BCUT2D eigenvalue weighted by atomic mass is 10.1. The highest BCUT2D eigenvalue weighted by Crippen LogP contribution is 2.31. The number of anilines is 1. The highest BCUT2D eigenvalue weighted by atomic mass is 79.9. The van der Waals surface area contributed by atoms with Crippen molar-refractivity contribution in [2.24, 2.45) is 0 Å². The summed E-state index contributed by atoms with van der Waals surface area (Å²) in [7, 11) is 0. The molecule has 2 N–H and O–H groups in total. The van der Waals surface area contributed by atoms with Gasteiger partial charge in [-0.25, -0.2) is 0 Å². The second-order valence-electron chi connectivity index (χ2n) is 4.38. The van der Waals surface area contributed by atoms with E-state index < -0.39 is 0 Å². The third-order valence-electron chi connectivity index (χ3n) is 2.90. The molecule has 1 heterocycles. The third-order valence-corrected chi connectivity index (χ3v) is 5.09. The summed E-state index contributed by atoms with van der Waals surface area (Å²) >= 11 is 11.1. The zero-order valence-corrected chi connectivity index (χ0v) is 13.9. The van der Waals surface area contributed by atoms with Crippen LogP contribution in [0.2, 0.25) is 5.02 Å². The number of benzene rings is 1. The second kappa shape index (κ2) is 6.27. The van der Waals surface area contributed by atoms with E-state index in [4.69, 9.17) is 11.6 Å². The number of halogens is 2. The van der Waals surface area contributed by atoms with E-state index in [1.54, 1.807) is 11.3 Å². The van der Waals surface area contributed by atoms with Crippen LogP contribution in [-0.2, 0) is 0 Å². The van der Waals surface area contributed by atoms with Crippen LogP contribution in [0.3, 0.4) is 0 Å². The van der Waals surface area contributed by atoms with E-state index in [2.05, 4.69) is 41.2 Å². The predicted octanol–water partition coefficient (Wildman–Crippen LogP) is 4.93. The molecule has 2 aromatic rings. The molecule has 0 saturated carbocycles. The number of hydrogen-bond acceptors (Lipinski definition) is 3. The van der Waals surface area contributed by atoms with Crippen molar-refractivity contribution in [3.8, 4) is 0 Å². The van der Waals surface area contributed by atoms with Gasteiger partial charge in [-0.2, -0.15) is 0 Å². The third kappa shape index (κ3) is 3.51. The van der Waals surface area contributed by atoms with Gasteiger partial charge in [-0.15, -0.1) is 11.3 Å². The highest BCUT2D eigenvalue weighted by molar-refractivity contribution is 9.10. The fourth-order valence-corrected chi connectivity index (χ4v) is 3.49. The maximum Gasteiger partial charge on any atom is 0.0755 e. The Morgan fingerprint density at radius 2 is 2.11 bits per heavy atom. The van der Waals surface area contributed by atoms with Gasteiger partial charge in [-0.05, 0) is 59.6 Å². The number of aryl methyl sites for hydroxylation is 2. The van der Waals surface area contributed by atoms with Crippen LogP contribution >= 0.6 is 38.9 Å². The average molecular weight is 361 g/mol. The molecular formula is C14H15BrClNOS. The topological polar surface area (TPSA) is 32.3 Å². The monoisotopic (exact) mass is 359 g/mol. The van der Waals surface area contributed by atoms with Gasteiger partial charge in [0.05, 0.1) is 17.7 Å². The Morgan fingerprint density at radius 3 is 2.63 bits per heavy atom. The van der Waals surface area contributed by atoms with Crippen molar-refractivity contribution in [2.45, 2.75) is 19.9 Å². The highest BCUT2D eigenvalue weighted by Gasteiger charge is 2.15. The SMILES string of the molecule is Cc1cc(C(CO)Nc2ccc(Cl)c(Br)c2)c(C)s1. The minimum absolute atomic E-state index is 0.0528. The fraction of sp³-hybridized carbons (Fsp3) is 0.286. The van der Waals surface area contributed by atoms with Crippen LogP contribution in [0.4, 0.5) is 5.69 Å². The molecule has 0 aliphatic carbocycles. The molecule has 102 valence electrons. The molecule has 1 aromatic carbocycles. The van der Waals surface area contributed by atoms with E-state index >= 15 is 0 Å². The molecule has 0 spiro atoms. The molecule has 2 rings (SSSR count). The molecule has 0 amide bonds. The van der Waals surface area contributed by atoms with Crippen molar-refractivity contribution in [3.05, 3.63) is 49.1 Å². The average Bonchev–Trinajstić information content (AvgIpc) is 2.70. The molecule has 0 radical (unpaired) electrons. The summed E-state index contributed by atoms with van der Waals surface area (Å²) in [5.74, 6) is 0. The van der Waals surface area contributed by atoms with Crippen LogP contribution in [0.25, 0.3) is 0 Å². The molecule has 0 bridgehead atoms. The van der Waals surface area contributed by atoms with Gasteiger partial charge in [-0.3, -0.25) is 0 Å². The van der Waals surface area contributed by atoms with Crippen LogP contribution in [-0.4, -0.2) is 11.7 Å². The Bertz CT molecular complexity index is 585. The second-order valence-corrected chi connectivity index (χ2v) is 7.10. The van der Waals surface area contributed by atoms with Gasteiger partial charge in [-0.1, -0.05) is 11.6 Å². The van der Waals surface area contributed by atoms with Crippen molar-refractivity contribution in [2.75, 3.05) is 11.9 Å². The number of rotatable bonds is 4. The van der Waals surface area contributed by atoms with Gasteiger partial charge in [0.25, 0.3) is 0 Å². The predicted molar refractivity (Wildman–Crippen MR) is 86.4 cm³/mol. The Kier molecular flexibility index (Phi) is 4.90. The van der Waals surface area contributed by atoms with Gasteiger partial charge >= 0.3 is 0 Å². The van der Waals surface area contributed by atoms with Gasteiger partial charge < -0.3 is 10.4 Å². The van der Waals surface area contributed by atoms with E-state index in [-0.39, 0.29) is 12.6 Å². The van der Waals surface area contributed by atoms with Crippen molar-refractivity contribution in [1.29, 1.82) is 0 Å². The smallest absolute Gasteiger partial charge is 0.0755 e. The number of nitrogens with one attached hydrogen (secondary N) is 1. The van der Waals surface area contributed by atoms with Crippen LogP contribution in [0.1, 0.15) is 21.4 Å². The molecule has 0 aliphatic heterocycles. The first-order valence-electron chi connectivity index (χ1n) is 5.90. The van der Waals surface area contributed by atoms with E-state index in [1.807, 2.05) is 18.2 Å². The summed E-state index contributed by atoms with van der Waals surface area (Å²) in [4.78, 5) is 2.49. The molecule has 0 fully saturated rings. The number of hydrogen-bond donors (Lipinski definition) is 2. The first kappa shape index (κ1) is 14.9. The van der Waals surface area contributed by atoms with Crippen molar-refractivity contribution in [1.82, 2.24) is 0 Å². The molecule has 0 aliphatic rings. The maximum atomic E-state index is 9.60. The molecule has 19 heavy (non-hydrogen) atoms. The lowest BCUT2D eigenvalue weighted by molar-refractivity contribution is 0.276. The van der Waals surface area contributed by atoms with E-state index in [0.717, 1.165) is 15.7 Å². The maximum absolute atomic E-state index is 9.60. The molecule has 5 heteroatoms. The zero-order valence-electron chi connectivity index (χ0n) is 10.7. The van der Waals surface area contributed by atoms with E-state index in [1.165, 1.54) is 9.75 Å². The van der Waals surface area contributed by atoms with Crippen LogP contribution in [0.15, 0.2) is 28.7 Å². The minimum atomic E-state index is -0.0991. The molecule has 1 aromatic heterocycles. The summed E-state index contributed by atoms with van der Waals surface area (Å²) in [6.45, 7) is 4.21. The van der Waals surface area contributed by atoms with Gasteiger partial charge in [0.2, 0.25) is 0 Å². The Labute approximate surface area is 130 Å². The Morgan fingerprint density at radius 1 is 1.37 bits per heavy atom. The summed E-state index contributed by atoms with van der Waals surface area (Å²) < 4.78 is 0.842. The van der Waals surface area contributed by atoms with Crippen LogP contribution in [0.5, 0.6) is 0 Å². The largest absolute Gasteiger partial charge is 0.394 e. The molecular weight excluding hydrogens is 346 g/mol. The van der Waals surface area contributed by atoms with Crippen molar-refractivity contribution >= 4 is 44.6 Å². The van der Waals surface area contributed by atoms with Crippen molar-refractivity contribution in [3.63, 3.8) is 0 Å². The van der Waals surface area contributed by atoms with E-state index in [0.29, 0.717) is 5.02 Å².